The van der Waals surface area contributed by atoms with Crippen LogP contribution in [0.15, 0.2) is 0 Å². The van der Waals surface area contributed by atoms with E-state index < -0.39 is 0 Å². The maximum absolute atomic E-state index is 5.03. The maximum Gasteiger partial charge on any atom is -0.00799 e. The Morgan fingerprint density at radius 2 is 0.900 bits per heavy atom. The summed E-state index contributed by atoms with van der Waals surface area (Å²) in [5, 5.41) is 0. The third-order valence-electron chi connectivity index (χ3n) is 0.577. The summed E-state index contributed by atoms with van der Waals surface area (Å²) in [6, 6.07) is 0. The van der Waals surface area contributed by atoms with Crippen LogP contribution in [0.3, 0.4) is 0 Å². The molecule has 4 heteroatoms. The van der Waals surface area contributed by atoms with Crippen molar-refractivity contribution in [3.8, 4) is 0 Å². The van der Waals surface area contributed by atoms with E-state index in [1.54, 1.807) is 0 Å². The first-order valence-corrected chi connectivity index (χ1v) is 3.23. The first-order chi connectivity index (χ1) is 3.83. The summed E-state index contributed by atoms with van der Waals surface area (Å²) in [5.41, 5.74) is 10.1. The van der Waals surface area contributed by atoms with Crippen molar-refractivity contribution in [2.45, 2.75) is 26.7 Å². The Balaban J connectivity index is -0.0000000300. The van der Waals surface area contributed by atoms with Gasteiger partial charge in [-0.15, -0.1) is 24.8 Å². The summed E-state index contributed by atoms with van der Waals surface area (Å²) < 4.78 is 0. The molecular weight excluding hydrogens is 171 g/mol. The Kier molecular flexibility index (Phi) is 76.0. The van der Waals surface area contributed by atoms with Crippen molar-refractivity contribution in [1.29, 1.82) is 0 Å². The van der Waals surface area contributed by atoms with Gasteiger partial charge in [-0.2, -0.15) is 0 Å². The van der Waals surface area contributed by atoms with Gasteiger partial charge in [0, 0.05) is 0 Å². The summed E-state index contributed by atoms with van der Waals surface area (Å²) in [4.78, 5) is 0. The molecule has 0 heterocycles. The molecule has 0 aliphatic rings. The highest BCUT2D eigenvalue weighted by atomic mass is 35.5. The van der Waals surface area contributed by atoms with E-state index in [1.807, 2.05) is 0 Å². The van der Waals surface area contributed by atoms with E-state index in [0.717, 1.165) is 25.9 Å². The van der Waals surface area contributed by atoms with Gasteiger partial charge < -0.3 is 11.5 Å². The molecule has 0 amide bonds. The molecule has 0 fully saturated rings. The van der Waals surface area contributed by atoms with Gasteiger partial charge in [-0.25, -0.2) is 0 Å². The van der Waals surface area contributed by atoms with Gasteiger partial charge >= 0.3 is 0 Å². The standard InChI is InChI=1S/2C3H9N.2ClH/c2*1-2-3-4;;/h2*2-4H2,1H3;2*1H. The van der Waals surface area contributed by atoms with E-state index in [9.17, 15) is 0 Å². The van der Waals surface area contributed by atoms with Crippen molar-refractivity contribution >= 4 is 24.8 Å². The second-order valence-electron chi connectivity index (χ2n) is 1.58. The lowest BCUT2D eigenvalue weighted by Crippen LogP contribution is -1.93. The van der Waals surface area contributed by atoms with Crippen molar-refractivity contribution in [3.63, 3.8) is 0 Å². The molecule has 10 heavy (non-hydrogen) atoms. The molecule has 2 nitrogen and oxygen atoms in total. The van der Waals surface area contributed by atoms with Gasteiger partial charge in [-0.1, -0.05) is 13.8 Å². The zero-order valence-corrected chi connectivity index (χ0v) is 8.43. The van der Waals surface area contributed by atoms with Gasteiger partial charge in [-0.05, 0) is 25.9 Å². The van der Waals surface area contributed by atoms with Crippen LogP contribution in [-0.2, 0) is 0 Å². The quantitative estimate of drug-likeness (QED) is 0.695. The van der Waals surface area contributed by atoms with Crippen LogP contribution in [0, 0.1) is 0 Å². The normalized spacial score (nSPS) is 6.00. The molecule has 68 valence electrons. The van der Waals surface area contributed by atoms with Crippen LogP contribution in [0.25, 0.3) is 0 Å². The minimum atomic E-state index is 0. The molecule has 0 unspecified atom stereocenters. The molecule has 0 aliphatic heterocycles. The van der Waals surface area contributed by atoms with Crippen LogP contribution in [0.2, 0.25) is 0 Å². The topological polar surface area (TPSA) is 52.0 Å². The molecule has 4 N–H and O–H groups in total. The fourth-order valence-electron chi connectivity index (χ4n) is 0. The maximum atomic E-state index is 5.03. The predicted octanol–water partition coefficient (Wildman–Crippen LogP) is 1.55. The van der Waals surface area contributed by atoms with Gasteiger partial charge in [-0.3, -0.25) is 0 Å². The van der Waals surface area contributed by atoms with E-state index in [-0.39, 0.29) is 24.8 Å². The minimum absolute atomic E-state index is 0. The number of halogens is 2. The minimum Gasteiger partial charge on any atom is -0.330 e. The van der Waals surface area contributed by atoms with E-state index in [1.165, 1.54) is 0 Å². The number of rotatable bonds is 2. The molecule has 0 saturated carbocycles. The van der Waals surface area contributed by atoms with Crippen LogP contribution in [0.5, 0.6) is 0 Å². The molecule has 0 saturated heterocycles. The molecule has 0 aliphatic carbocycles. The summed E-state index contributed by atoms with van der Waals surface area (Å²) in [7, 11) is 0. The van der Waals surface area contributed by atoms with Crippen molar-refractivity contribution < 1.29 is 0 Å². The highest BCUT2D eigenvalue weighted by molar-refractivity contribution is 5.85. The molecule has 0 bridgehead atoms. The Labute approximate surface area is 76.6 Å². The highest BCUT2D eigenvalue weighted by Gasteiger charge is 1.55. The van der Waals surface area contributed by atoms with E-state index in [0.29, 0.717) is 0 Å². The number of nitrogens with two attached hydrogens (primary N) is 2. The van der Waals surface area contributed by atoms with Crippen LogP contribution < -0.4 is 11.5 Å². The molecule has 0 radical (unpaired) electrons. The molecule has 0 aromatic rings. The van der Waals surface area contributed by atoms with Crippen molar-refractivity contribution in [3.05, 3.63) is 0 Å². The summed E-state index contributed by atoms with van der Waals surface area (Å²) in [6.45, 7) is 5.75. The Bertz CT molecular complexity index is 21.7. The Morgan fingerprint density at radius 1 is 0.800 bits per heavy atom. The SMILES string of the molecule is CCCN.CCCN.Cl.Cl. The summed E-state index contributed by atoms with van der Waals surface area (Å²) in [6.07, 6.45) is 2.19. The van der Waals surface area contributed by atoms with Gasteiger partial charge in [0.15, 0.2) is 0 Å². The molecule has 0 atom stereocenters. The number of hydrogen-bond acceptors (Lipinski definition) is 2. The monoisotopic (exact) mass is 190 g/mol. The summed E-state index contributed by atoms with van der Waals surface area (Å²) in [5.74, 6) is 0. The third kappa shape index (κ3) is 76.5. The van der Waals surface area contributed by atoms with E-state index in [4.69, 9.17) is 11.5 Å². The summed E-state index contributed by atoms with van der Waals surface area (Å²) >= 11 is 0. The molecule has 0 aromatic heterocycles. The average Bonchev–Trinajstić information content (AvgIpc) is 1.88. The van der Waals surface area contributed by atoms with E-state index >= 15 is 0 Å². The lowest BCUT2D eigenvalue weighted by atomic mass is 10.5. The lowest BCUT2D eigenvalue weighted by molar-refractivity contribution is 0.932. The first kappa shape index (κ1) is 22.4. The fraction of sp³-hybridized carbons (Fsp3) is 1.00. The van der Waals surface area contributed by atoms with Crippen LogP contribution in [0.4, 0.5) is 0 Å². The van der Waals surface area contributed by atoms with Gasteiger partial charge in [0.1, 0.15) is 0 Å². The molecular formula is C6H20Cl2N2. The van der Waals surface area contributed by atoms with Gasteiger partial charge in [0.2, 0.25) is 0 Å². The van der Waals surface area contributed by atoms with Crippen molar-refractivity contribution in [2.24, 2.45) is 11.5 Å². The van der Waals surface area contributed by atoms with Crippen molar-refractivity contribution in [1.82, 2.24) is 0 Å². The smallest absolute Gasteiger partial charge is 0.00799 e. The van der Waals surface area contributed by atoms with Crippen LogP contribution >= 0.6 is 24.8 Å². The lowest BCUT2D eigenvalue weighted by Gasteiger charge is -1.70. The number of hydrogen-bond donors (Lipinski definition) is 2. The van der Waals surface area contributed by atoms with Crippen LogP contribution in [0.1, 0.15) is 26.7 Å². The Hall–Kier alpha value is 0.500. The molecule has 0 spiro atoms. The largest absolute Gasteiger partial charge is 0.330 e. The Morgan fingerprint density at radius 3 is 0.900 bits per heavy atom. The van der Waals surface area contributed by atoms with Crippen LogP contribution in [-0.4, -0.2) is 13.1 Å². The zero-order valence-electron chi connectivity index (χ0n) is 6.80. The predicted molar refractivity (Wildman–Crippen MR) is 53.2 cm³/mol. The third-order valence-corrected chi connectivity index (χ3v) is 0.577. The van der Waals surface area contributed by atoms with Gasteiger partial charge in [0.05, 0.1) is 0 Å². The molecule has 0 rings (SSSR count). The second-order valence-corrected chi connectivity index (χ2v) is 1.58. The molecule has 0 aromatic carbocycles. The van der Waals surface area contributed by atoms with Gasteiger partial charge in [0.25, 0.3) is 0 Å². The highest BCUT2D eigenvalue weighted by Crippen LogP contribution is 1.57. The second kappa shape index (κ2) is 33.9. The van der Waals surface area contributed by atoms with E-state index in [2.05, 4.69) is 13.8 Å². The first-order valence-electron chi connectivity index (χ1n) is 3.23. The average molecular weight is 191 g/mol. The van der Waals surface area contributed by atoms with Crippen molar-refractivity contribution in [2.75, 3.05) is 13.1 Å². The zero-order chi connectivity index (χ0) is 6.83. The fourth-order valence-corrected chi connectivity index (χ4v) is 0.